The Morgan fingerprint density at radius 1 is 1.12 bits per heavy atom. The van der Waals surface area contributed by atoms with Crippen LogP contribution in [0, 0.1) is 0 Å². The van der Waals surface area contributed by atoms with Crippen LogP contribution in [0.2, 0.25) is 0 Å². The molecule has 0 bridgehead atoms. The standard InChI is InChI=1S/C30H33N5O4S/c1-34-13-11-24(17-34)38-29-7-3-6-25(33-29)21-5-2-4-20(14-21)16-31-12-10-23-18-35(30(37)39-23)22-8-9-27-26(15-22)32-28(36)19-40-27/h2-9,14-15,23-24,31H,10-13,16-19H2,1H3,(H,32,36)/t23-,24-/m1/s1. The predicted molar refractivity (Wildman–Crippen MR) is 156 cm³/mol. The van der Waals surface area contributed by atoms with Crippen LogP contribution in [0.4, 0.5) is 16.2 Å². The molecule has 0 spiro atoms. The lowest BCUT2D eigenvalue weighted by atomic mass is 10.1. The number of cyclic esters (lactones) is 1. The van der Waals surface area contributed by atoms with Gasteiger partial charge in [0.05, 0.1) is 23.7 Å². The molecule has 10 heteroatoms. The topological polar surface area (TPSA) is 96.0 Å². The smallest absolute Gasteiger partial charge is 0.414 e. The molecule has 0 aliphatic carbocycles. The monoisotopic (exact) mass is 559 g/mol. The highest BCUT2D eigenvalue weighted by Gasteiger charge is 2.32. The first kappa shape index (κ1) is 26.6. The van der Waals surface area contributed by atoms with E-state index in [0.717, 1.165) is 52.6 Å². The van der Waals surface area contributed by atoms with Crippen LogP contribution in [0.1, 0.15) is 18.4 Å². The van der Waals surface area contributed by atoms with Crippen molar-refractivity contribution in [1.82, 2.24) is 15.2 Å². The summed E-state index contributed by atoms with van der Waals surface area (Å²) >= 11 is 1.50. The summed E-state index contributed by atoms with van der Waals surface area (Å²) < 4.78 is 11.7. The van der Waals surface area contributed by atoms with Crippen LogP contribution in [-0.2, 0) is 16.1 Å². The molecule has 3 aromatic rings. The molecule has 208 valence electrons. The molecule has 3 aliphatic rings. The molecule has 2 atom stereocenters. The number of carbonyl (C=O) groups is 2. The minimum Gasteiger partial charge on any atom is -0.473 e. The summed E-state index contributed by atoms with van der Waals surface area (Å²) in [7, 11) is 2.11. The average Bonchev–Trinajstić information content (AvgIpc) is 3.55. The fourth-order valence-electron chi connectivity index (χ4n) is 5.26. The summed E-state index contributed by atoms with van der Waals surface area (Å²) in [6.07, 6.45) is 1.36. The van der Waals surface area contributed by atoms with Gasteiger partial charge in [-0.1, -0.05) is 24.3 Å². The van der Waals surface area contributed by atoms with Crippen molar-refractivity contribution >= 4 is 35.1 Å². The summed E-state index contributed by atoms with van der Waals surface area (Å²) in [5.74, 6) is 1.05. The number of hydrogen-bond acceptors (Lipinski definition) is 8. The van der Waals surface area contributed by atoms with E-state index in [0.29, 0.717) is 37.7 Å². The van der Waals surface area contributed by atoms with Gasteiger partial charge in [-0.2, -0.15) is 0 Å². The molecule has 0 saturated carbocycles. The van der Waals surface area contributed by atoms with Crippen LogP contribution in [-0.4, -0.2) is 73.1 Å². The molecule has 2 saturated heterocycles. The number of likely N-dealkylation sites (tertiary alicyclic amines) is 1. The van der Waals surface area contributed by atoms with Gasteiger partial charge < -0.3 is 25.0 Å². The highest BCUT2D eigenvalue weighted by atomic mass is 32.2. The Kier molecular flexibility index (Phi) is 7.90. The highest BCUT2D eigenvalue weighted by molar-refractivity contribution is 8.00. The first-order valence-corrected chi connectivity index (χ1v) is 14.7. The van der Waals surface area contributed by atoms with Gasteiger partial charge in [0.15, 0.2) is 0 Å². The summed E-state index contributed by atoms with van der Waals surface area (Å²) in [6, 6.07) is 20.0. The maximum Gasteiger partial charge on any atom is 0.414 e. The molecule has 1 aromatic heterocycles. The van der Waals surface area contributed by atoms with E-state index in [4.69, 9.17) is 14.5 Å². The number of pyridine rings is 1. The molecule has 40 heavy (non-hydrogen) atoms. The normalized spacial score (nSPS) is 20.8. The van der Waals surface area contributed by atoms with E-state index in [-0.39, 0.29) is 24.2 Å². The van der Waals surface area contributed by atoms with Crippen LogP contribution in [0.5, 0.6) is 5.88 Å². The number of fused-ring (bicyclic) bond motifs is 1. The van der Waals surface area contributed by atoms with Crippen LogP contribution in [0.25, 0.3) is 11.3 Å². The molecule has 4 heterocycles. The Hall–Kier alpha value is -3.60. The van der Waals surface area contributed by atoms with Crippen molar-refractivity contribution < 1.29 is 19.1 Å². The van der Waals surface area contributed by atoms with Crippen molar-refractivity contribution in [3.8, 4) is 17.1 Å². The van der Waals surface area contributed by atoms with Gasteiger partial charge in [0, 0.05) is 41.8 Å². The fraction of sp³-hybridized carbons (Fsp3) is 0.367. The molecular weight excluding hydrogens is 526 g/mol. The molecule has 2 N–H and O–H groups in total. The Morgan fingerprint density at radius 3 is 2.90 bits per heavy atom. The summed E-state index contributed by atoms with van der Waals surface area (Å²) in [4.78, 5) is 34.0. The molecular formula is C30H33N5O4S. The van der Waals surface area contributed by atoms with Crippen LogP contribution >= 0.6 is 11.8 Å². The minimum atomic E-state index is -0.355. The largest absolute Gasteiger partial charge is 0.473 e. The molecule has 0 radical (unpaired) electrons. The second-order valence-corrected chi connectivity index (χ2v) is 11.5. The lowest BCUT2D eigenvalue weighted by molar-refractivity contribution is -0.113. The number of rotatable bonds is 9. The van der Waals surface area contributed by atoms with E-state index >= 15 is 0 Å². The number of aromatic nitrogens is 1. The molecule has 2 amide bonds. The zero-order valence-electron chi connectivity index (χ0n) is 22.5. The number of carbonyl (C=O) groups excluding carboxylic acids is 2. The lowest BCUT2D eigenvalue weighted by Gasteiger charge is -2.20. The molecule has 9 nitrogen and oxygen atoms in total. The van der Waals surface area contributed by atoms with E-state index in [1.165, 1.54) is 11.8 Å². The Morgan fingerprint density at radius 2 is 2.02 bits per heavy atom. The van der Waals surface area contributed by atoms with Crippen molar-refractivity contribution in [1.29, 1.82) is 0 Å². The van der Waals surface area contributed by atoms with E-state index in [1.807, 2.05) is 42.5 Å². The first-order chi connectivity index (χ1) is 19.5. The van der Waals surface area contributed by atoms with Gasteiger partial charge in [0.2, 0.25) is 11.8 Å². The zero-order chi connectivity index (χ0) is 27.5. The quantitative estimate of drug-likeness (QED) is 0.373. The van der Waals surface area contributed by atoms with Gasteiger partial charge in [-0.25, -0.2) is 9.78 Å². The Labute approximate surface area is 238 Å². The number of benzene rings is 2. The van der Waals surface area contributed by atoms with E-state index in [1.54, 1.807) is 4.90 Å². The molecule has 0 unspecified atom stereocenters. The third kappa shape index (κ3) is 6.24. The second-order valence-electron chi connectivity index (χ2n) is 10.5. The number of thioether (sulfide) groups is 1. The summed E-state index contributed by atoms with van der Waals surface area (Å²) in [5, 5.41) is 6.36. The van der Waals surface area contributed by atoms with Crippen molar-refractivity contribution in [3.05, 3.63) is 66.2 Å². The Bertz CT molecular complexity index is 1400. The van der Waals surface area contributed by atoms with Crippen LogP contribution in [0.15, 0.2) is 65.6 Å². The number of anilines is 2. The van der Waals surface area contributed by atoms with Crippen molar-refractivity contribution in [2.45, 2.75) is 36.5 Å². The first-order valence-electron chi connectivity index (χ1n) is 13.7. The molecule has 3 aliphatic heterocycles. The number of likely N-dealkylation sites (N-methyl/N-ethyl adjacent to an activating group) is 1. The van der Waals surface area contributed by atoms with E-state index in [9.17, 15) is 9.59 Å². The highest BCUT2D eigenvalue weighted by Crippen LogP contribution is 2.35. The van der Waals surface area contributed by atoms with Crippen LogP contribution in [0.3, 0.4) is 0 Å². The van der Waals surface area contributed by atoms with Crippen LogP contribution < -0.4 is 20.3 Å². The maximum atomic E-state index is 12.6. The fourth-order valence-corrected chi connectivity index (χ4v) is 6.05. The van der Waals surface area contributed by atoms with Gasteiger partial charge >= 0.3 is 6.09 Å². The van der Waals surface area contributed by atoms with Crippen molar-refractivity contribution in [2.24, 2.45) is 0 Å². The SMILES string of the molecule is CN1CC[C@@H](Oc2cccc(-c3cccc(CNCC[C@@H]4CN(c5ccc6c(c5)NC(=O)CS6)C(=O)O4)c3)n2)C1. The second kappa shape index (κ2) is 11.9. The third-order valence-corrected chi connectivity index (χ3v) is 8.41. The average molecular weight is 560 g/mol. The maximum absolute atomic E-state index is 12.6. The van der Waals surface area contributed by atoms with E-state index in [2.05, 4.69) is 40.8 Å². The minimum absolute atomic E-state index is 0.0283. The molecule has 2 fully saturated rings. The summed E-state index contributed by atoms with van der Waals surface area (Å²) in [5.41, 5.74) is 4.58. The van der Waals surface area contributed by atoms with Crippen molar-refractivity contribution in [3.63, 3.8) is 0 Å². The number of ether oxygens (including phenoxy) is 2. The molecule has 6 rings (SSSR count). The van der Waals surface area contributed by atoms with Crippen molar-refractivity contribution in [2.75, 3.05) is 49.2 Å². The Balaban J connectivity index is 0.997. The van der Waals surface area contributed by atoms with Gasteiger partial charge in [0.1, 0.15) is 12.2 Å². The van der Waals surface area contributed by atoms with E-state index < -0.39 is 0 Å². The zero-order valence-corrected chi connectivity index (χ0v) is 23.3. The number of amides is 2. The predicted octanol–water partition coefficient (Wildman–Crippen LogP) is 4.38. The molecule has 2 aromatic carbocycles. The van der Waals surface area contributed by atoms with Gasteiger partial charge in [0.25, 0.3) is 0 Å². The van der Waals surface area contributed by atoms with Gasteiger partial charge in [-0.05, 0) is 62.3 Å². The number of nitrogens with zero attached hydrogens (tertiary/aromatic N) is 3. The number of nitrogens with one attached hydrogen (secondary N) is 2. The third-order valence-electron chi connectivity index (χ3n) is 7.34. The lowest BCUT2D eigenvalue weighted by Crippen LogP contribution is -2.26. The van der Waals surface area contributed by atoms with Gasteiger partial charge in [-0.3, -0.25) is 9.69 Å². The number of hydrogen-bond donors (Lipinski definition) is 2. The van der Waals surface area contributed by atoms with Gasteiger partial charge in [-0.15, -0.1) is 11.8 Å². The summed E-state index contributed by atoms with van der Waals surface area (Å²) in [6.45, 7) is 3.88.